The summed E-state index contributed by atoms with van der Waals surface area (Å²) >= 11 is 0. The summed E-state index contributed by atoms with van der Waals surface area (Å²) in [6.45, 7) is 9.86. The Morgan fingerprint density at radius 2 is 1.83 bits per heavy atom. The van der Waals surface area contributed by atoms with E-state index in [9.17, 15) is 9.59 Å². The Balaban J connectivity index is 1.92. The van der Waals surface area contributed by atoms with Gasteiger partial charge >= 0.3 is 5.69 Å². The molecule has 1 aromatic carbocycles. The maximum atomic E-state index is 12.5. The number of nitrogens with zero attached hydrogens (tertiary/aromatic N) is 4. The third kappa shape index (κ3) is 4.67. The van der Waals surface area contributed by atoms with Crippen LogP contribution >= 0.6 is 0 Å². The molecule has 3 aromatic rings. The second-order valence-electron chi connectivity index (χ2n) is 7.31. The molecule has 0 unspecified atom stereocenters. The van der Waals surface area contributed by atoms with E-state index < -0.39 is 0 Å². The van der Waals surface area contributed by atoms with E-state index >= 15 is 0 Å². The Bertz CT molecular complexity index is 1050. The van der Waals surface area contributed by atoms with Crippen LogP contribution in [0.1, 0.15) is 45.0 Å². The van der Waals surface area contributed by atoms with Gasteiger partial charge in [0.15, 0.2) is 11.2 Å². The molecule has 0 amide bonds. The number of unbranched alkanes of at least 4 members (excludes halogenated alkanes) is 1. The van der Waals surface area contributed by atoms with E-state index in [1.165, 1.54) is 5.56 Å². The minimum atomic E-state index is -0.375. The molecule has 0 bridgehead atoms. The topological polar surface area (TPSA) is 75.9 Å². The lowest BCUT2D eigenvalue weighted by atomic mass is 10.1. The minimum Gasteiger partial charge on any atom is -0.321 e. The van der Waals surface area contributed by atoms with Crippen molar-refractivity contribution in [1.82, 2.24) is 24.0 Å². The SMILES string of the molecule is CCCCn1c(=O)[nH]c(=O)c2c1nc(CN(CC)CCc1ccccc1)n2CC. The van der Waals surface area contributed by atoms with Gasteiger partial charge in [-0.3, -0.25) is 19.2 Å². The highest BCUT2D eigenvalue weighted by molar-refractivity contribution is 5.71. The van der Waals surface area contributed by atoms with Crippen molar-refractivity contribution in [3.05, 3.63) is 62.6 Å². The second-order valence-corrected chi connectivity index (χ2v) is 7.31. The molecule has 2 heterocycles. The molecule has 0 radical (unpaired) electrons. The van der Waals surface area contributed by atoms with Crippen LogP contribution in [0, 0.1) is 0 Å². The number of aromatic nitrogens is 4. The number of fused-ring (bicyclic) bond motifs is 1. The van der Waals surface area contributed by atoms with Gasteiger partial charge in [0, 0.05) is 19.6 Å². The number of hydrogen-bond acceptors (Lipinski definition) is 4. The molecule has 0 spiro atoms. The average molecular weight is 398 g/mol. The molecule has 156 valence electrons. The highest BCUT2D eigenvalue weighted by atomic mass is 16.2. The van der Waals surface area contributed by atoms with Crippen molar-refractivity contribution >= 4 is 11.2 Å². The predicted molar refractivity (Wildman–Crippen MR) is 116 cm³/mol. The minimum absolute atomic E-state index is 0.356. The quantitative estimate of drug-likeness (QED) is 0.571. The first-order valence-corrected chi connectivity index (χ1v) is 10.6. The summed E-state index contributed by atoms with van der Waals surface area (Å²) in [6.07, 6.45) is 2.80. The number of aryl methyl sites for hydroxylation is 2. The summed E-state index contributed by atoms with van der Waals surface area (Å²) in [4.78, 5) is 34.5. The second kappa shape index (κ2) is 9.69. The smallest absolute Gasteiger partial charge is 0.321 e. The number of rotatable bonds is 10. The third-order valence-electron chi connectivity index (χ3n) is 5.39. The first-order chi connectivity index (χ1) is 14.1. The molecule has 7 heteroatoms. The first-order valence-electron chi connectivity index (χ1n) is 10.6. The van der Waals surface area contributed by atoms with Crippen LogP contribution in [0.4, 0.5) is 0 Å². The van der Waals surface area contributed by atoms with Gasteiger partial charge in [0.1, 0.15) is 5.82 Å². The van der Waals surface area contributed by atoms with E-state index in [2.05, 4.69) is 48.0 Å². The molecule has 1 N–H and O–H groups in total. The van der Waals surface area contributed by atoms with Crippen molar-refractivity contribution in [2.45, 2.75) is 59.7 Å². The van der Waals surface area contributed by atoms with E-state index in [-0.39, 0.29) is 11.2 Å². The highest BCUT2D eigenvalue weighted by Crippen LogP contribution is 2.14. The molecule has 0 saturated carbocycles. The van der Waals surface area contributed by atoms with Crippen LogP contribution in [0.5, 0.6) is 0 Å². The fourth-order valence-corrected chi connectivity index (χ4v) is 3.68. The molecule has 0 atom stereocenters. The van der Waals surface area contributed by atoms with E-state index in [0.29, 0.717) is 30.8 Å². The van der Waals surface area contributed by atoms with Crippen molar-refractivity contribution in [3.8, 4) is 0 Å². The predicted octanol–water partition coefficient (Wildman–Crippen LogP) is 2.77. The lowest BCUT2D eigenvalue weighted by Gasteiger charge is -2.20. The van der Waals surface area contributed by atoms with Gasteiger partial charge in [-0.2, -0.15) is 0 Å². The number of H-pyrrole nitrogens is 1. The van der Waals surface area contributed by atoms with Crippen molar-refractivity contribution < 1.29 is 0 Å². The van der Waals surface area contributed by atoms with Crippen LogP contribution < -0.4 is 11.2 Å². The van der Waals surface area contributed by atoms with Crippen LogP contribution in [0.3, 0.4) is 0 Å². The van der Waals surface area contributed by atoms with Gasteiger partial charge in [-0.25, -0.2) is 9.78 Å². The highest BCUT2D eigenvalue weighted by Gasteiger charge is 2.19. The number of hydrogen-bond donors (Lipinski definition) is 1. The zero-order chi connectivity index (χ0) is 20.8. The van der Waals surface area contributed by atoms with Crippen LogP contribution in [0.15, 0.2) is 39.9 Å². The zero-order valence-electron chi connectivity index (χ0n) is 17.6. The third-order valence-corrected chi connectivity index (χ3v) is 5.39. The van der Waals surface area contributed by atoms with E-state index in [0.717, 1.165) is 38.2 Å². The zero-order valence-corrected chi connectivity index (χ0v) is 17.6. The summed E-state index contributed by atoms with van der Waals surface area (Å²) in [7, 11) is 0. The van der Waals surface area contributed by atoms with Crippen molar-refractivity contribution in [2.24, 2.45) is 0 Å². The van der Waals surface area contributed by atoms with E-state index in [1.54, 1.807) is 4.57 Å². The normalized spacial score (nSPS) is 11.6. The number of nitrogens with one attached hydrogen (secondary N) is 1. The lowest BCUT2D eigenvalue weighted by Crippen LogP contribution is -2.31. The van der Waals surface area contributed by atoms with Gasteiger partial charge in [-0.05, 0) is 31.9 Å². The Morgan fingerprint density at radius 1 is 1.07 bits per heavy atom. The van der Waals surface area contributed by atoms with E-state index in [1.807, 2.05) is 17.6 Å². The number of likely N-dealkylation sites (N-methyl/N-ethyl adjacent to an activating group) is 1. The molecule has 0 saturated heterocycles. The number of imidazole rings is 1. The molecule has 29 heavy (non-hydrogen) atoms. The van der Waals surface area contributed by atoms with Crippen molar-refractivity contribution in [3.63, 3.8) is 0 Å². The van der Waals surface area contributed by atoms with Gasteiger partial charge in [-0.1, -0.05) is 50.6 Å². The molecular formula is C22H31N5O2. The fourth-order valence-electron chi connectivity index (χ4n) is 3.68. The Labute approximate surface area is 171 Å². The monoisotopic (exact) mass is 397 g/mol. The number of benzene rings is 1. The largest absolute Gasteiger partial charge is 0.330 e. The summed E-state index contributed by atoms with van der Waals surface area (Å²) in [5.41, 5.74) is 1.57. The molecule has 7 nitrogen and oxygen atoms in total. The maximum absolute atomic E-state index is 12.5. The molecule has 0 aliphatic carbocycles. The summed E-state index contributed by atoms with van der Waals surface area (Å²) in [6, 6.07) is 10.4. The van der Waals surface area contributed by atoms with E-state index in [4.69, 9.17) is 4.98 Å². The van der Waals surface area contributed by atoms with Gasteiger partial charge in [0.2, 0.25) is 0 Å². The first kappa shape index (κ1) is 21.0. The van der Waals surface area contributed by atoms with Gasteiger partial charge < -0.3 is 4.57 Å². The maximum Gasteiger partial charge on any atom is 0.330 e. The number of aromatic amines is 1. The average Bonchev–Trinajstić information content (AvgIpc) is 3.10. The molecule has 3 rings (SSSR count). The van der Waals surface area contributed by atoms with Crippen LogP contribution in [0.2, 0.25) is 0 Å². The molecule has 2 aromatic heterocycles. The van der Waals surface area contributed by atoms with Crippen LogP contribution in [0.25, 0.3) is 11.2 Å². The van der Waals surface area contributed by atoms with Crippen LogP contribution in [-0.2, 0) is 26.1 Å². The molecule has 0 fully saturated rings. The Kier molecular flexibility index (Phi) is 7.04. The summed E-state index contributed by atoms with van der Waals surface area (Å²) in [5.74, 6) is 0.832. The molecule has 0 aliphatic rings. The Hall–Kier alpha value is -2.67. The van der Waals surface area contributed by atoms with Gasteiger partial charge in [-0.15, -0.1) is 0 Å². The standard InChI is InChI=1S/C22H31N5O2/c1-4-7-14-27-20-19(21(28)24-22(27)29)26(6-3)18(23-20)16-25(5-2)15-13-17-11-9-8-10-12-17/h8-12H,4-7,13-16H2,1-3H3,(H,24,28,29). The lowest BCUT2D eigenvalue weighted by molar-refractivity contribution is 0.273. The van der Waals surface area contributed by atoms with Crippen molar-refractivity contribution in [2.75, 3.05) is 13.1 Å². The molecular weight excluding hydrogens is 366 g/mol. The summed E-state index contributed by atoms with van der Waals surface area (Å²) < 4.78 is 3.55. The van der Waals surface area contributed by atoms with Gasteiger partial charge in [0.25, 0.3) is 5.56 Å². The van der Waals surface area contributed by atoms with Crippen LogP contribution in [-0.4, -0.2) is 37.1 Å². The Morgan fingerprint density at radius 3 is 2.48 bits per heavy atom. The van der Waals surface area contributed by atoms with Crippen molar-refractivity contribution in [1.29, 1.82) is 0 Å². The fraction of sp³-hybridized carbons (Fsp3) is 0.500. The van der Waals surface area contributed by atoms with Gasteiger partial charge in [0.05, 0.1) is 6.54 Å². The molecule has 0 aliphatic heterocycles. The summed E-state index contributed by atoms with van der Waals surface area (Å²) in [5, 5.41) is 0.